The Kier molecular flexibility index (Phi) is 3.81. The van der Waals surface area contributed by atoms with Crippen molar-refractivity contribution in [2.75, 3.05) is 5.32 Å². The molecular weight excluding hydrogens is 300 g/mol. The van der Waals surface area contributed by atoms with E-state index in [9.17, 15) is 4.79 Å². The zero-order chi connectivity index (χ0) is 15.7. The number of halogens is 1. The summed E-state index contributed by atoms with van der Waals surface area (Å²) in [5.74, 6) is 0.371. The van der Waals surface area contributed by atoms with Crippen LogP contribution in [0.4, 0.5) is 5.82 Å². The number of hydrogen-bond donors (Lipinski definition) is 2. The van der Waals surface area contributed by atoms with Crippen molar-refractivity contribution in [1.29, 1.82) is 0 Å². The van der Waals surface area contributed by atoms with E-state index in [4.69, 9.17) is 11.6 Å². The molecule has 22 heavy (non-hydrogen) atoms. The van der Waals surface area contributed by atoms with Gasteiger partial charge in [0.25, 0.3) is 0 Å². The third-order valence-electron chi connectivity index (χ3n) is 3.30. The molecule has 0 bridgehead atoms. The summed E-state index contributed by atoms with van der Waals surface area (Å²) in [6.07, 6.45) is 3.43. The lowest BCUT2D eigenvalue weighted by Crippen LogP contribution is -2.18. The molecule has 3 aromatic heterocycles. The van der Waals surface area contributed by atoms with Gasteiger partial charge in [0.05, 0.1) is 10.7 Å². The van der Waals surface area contributed by atoms with Gasteiger partial charge in [-0.1, -0.05) is 31.5 Å². The Balaban J connectivity index is 2.00. The Morgan fingerprint density at radius 2 is 2.18 bits per heavy atom. The van der Waals surface area contributed by atoms with Crippen LogP contribution >= 0.6 is 11.6 Å². The molecule has 0 radical (unpaired) electrons. The first-order valence-corrected chi connectivity index (χ1v) is 7.33. The fourth-order valence-corrected chi connectivity index (χ4v) is 2.27. The quantitative estimate of drug-likeness (QED) is 0.771. The molecule has 0 aliphatic carbocycles. The molecule has 0 saturated carbocycles. The van der Waals surface area contributed by atoms with Gasteiger partial charge in [-0.25, -0.2) is 9.97 Å². The predicted octanol–water partition coefficient (Wildman–Crippen LogP) is 3.87. The van der Waals surface area contributed by atoms with Gasteiger partial charge in [-0.3, -0.25) is 4.79 Å². The Hall–Kier alpha value is -2.40. The van der Waals surface area contributed by atoms with Gasteiger partial charge in [0.15, 0.2) is 0 Å². The second-order valence-corrected chi connectivity index (χ2v) is 5.74. The van der Waals surface area contributed by atoms with Crippen LogP contribution in [0.25, 0.3) is 22.3 Å². The van der Waals surface area contributed by atoms with E-state index < -0.39 is 0 Å². The first-order chi connectivity index (χ1) is 10.5. The molecule has 0 fully saturated rings. The number of hydrogen-bond acceptors (Lipinski definition) is 3. The summed E-state index contributed by atoms with van der Waals surface area (Å²) in [5.41, 5.74) is 2.39. The van der Waals surface area contributed by atoms with E-state index in [1.807, 2.05) is 38.2 Å². The fraction of sp³-hybridized carbons (Fsp3) is 0.188. The van der Waals surface area contributed by atoms with Crippen LogP contribution in [0, 0.1) is 5.92 Å². The summed E-state index contributed by atoms with van der Waals surface area (Å²) >= 11 is 6.02. The highest BCUT2D eigenvalue weighted by Gasteiger charge is 2.11. The second kappa shape index (κ2) is 5.77. The number of fused-ring (bicyclic) bond motifs is 1. The van der Waals surface area contributed by atoms with E-state index in [1.54, 1.807) is 12.3 Å². The summed E-state index contributed by atoms with van der Waals surface area (Å²) in [6, 6.07) is 7.35. The van der Waals surface area contributed by atoms with Crippen LogP contribution in [0.1, 0.15) is 13.8 Å². The molecule has 0 aromatic carbocycles. The van der Waals surface area contributed by atoms with Crippen LogP contribution in [-0.2, 0) is 4.79 Å². The number of carbonyl (C=O) groups excluding carboxylic acids is 1. The van der Waals surface area contributed by atoms with Gasteiger partial charge >= 0.3 is 0 Å². The van der Waals surface area contributed by atoms with E-state index in [-0.39, 0.29) is 11.8 Å². The topological polar surface area (TPSA) is 70.7 Å². The number of amides is 1. The maximum absolute atomic E-state index is 11.8. The highest BCUT2D eigenvalue weighted by Crippen LogP contribution is 2.28. The molecule has 6 heteroatoms. The van der Waals surface area contributed by atoms with E-state index in [0.29, 0.717) is 10.8 Å². The summed E-state index contributed by atoms with van der Waals surface area (Å²) in [6.45, 7) is 3.68. The fourth-order valence-electron chi connectivity index (χ4n) is 2.11. The molecule has 0 saturated heterocycles. The SMILES string of the molecule is CC(C)C(=O)Nc1cccc(-c2c[nH]c3ncc(Cl)cc23)n1. The number of nitrogens with zero attached hydrogens (tertiary/aromatic N) is 2. The monoisotopic (exact) mass is 314 g/mol. The summed E-state index contributed by atoms with van der Waals surface area (Å²) in [7, 11) is 0. The van der Waals surface area contributed by atoms with Crippen molar-refractivity contribution in [3.8, 4) is 11.3 Å². The van der Waals surface area contributed by atoms with E-state index in [2.05, 4.69) is 20.3 Å². The maximum atomic E-state index is 11.8. The Morgan fingerprint density at radius 1 is 1.36 bits per heavy atom. The van der Waals surface area contributed by atoms with E-state index >= 15 is 0 Å². The van der Waals surface area contributed by atoms with Crippen molar-refractivity contribution in [3.05, 3.63) is 41.7 Å². The molecule has 5 nitrogen and oxygen atoms in total. The number of aromatic amines is 1. The first-order valence-electron chi connectivity index (χ1n) is 6.95. The van der Waals surface area contributed by atoms with Crippen LogP contribution < -0.4 is 5.32 Å². The van der Waals surface area contributed by atoms with Gasteiger partial charge in [-0.15, -0.1) is 0 Å². The van der Waals surface area contributed by atoms with Crippen LogP contribution in [0.2, 0.25) is 5.02 Å². The average Bonchev–Trinajstić information content (AvgIpc) is 2.90. The van der Waals surface area contributed by atoms with Crippen molar-refractivity contribution in [3.63, 3.8) is 0 Å². The van der Waals surface area contributed by atoms with Crippen molar-refractivity contribution in [1.82, 2.24) is 15.0 Å². The van der Waals surface area contributed by atoms with Crippen LogP contribution in [-0.4, -0.2) is 20.9 Å². The van der Waals surface area contributed by atoms with Gasteiger partial charge in [-0.05, 0) is 18.2 Å². The van der Waals surface area contributed by atoms with Crippen molar-refractivity contribution in [2.45, 2.75) is 13.8 Å². The predicted molar refractivity (Wildman–Crippen MR) is 87.8 cm³/mol. The van der Waals surface area contributed by atoms with E-state index in [1.165, 1.54) is 0 Å². The number of rotatable bonds is 3. The molecule has 0 atom stereocenters. The van der Waals surface area contributed by atoms with Crippen LogP contribution in [0.3, 0.4) is 0 Å². The number of carbonyl (C=O) groups is 1. The maximum Gasteiger partial charge on any atom is 0.228 e. The Morgan fingerprint density at radius 3 is 2.95 bits per heavy atom. The van der Waals surface area contributed by atoms with Crippen LogP contribution in [0.15, 0.2) is 36.7 Å². The Labute approximate surface area is 132 Å². The molecule has 1 amide bonds. The smallest absolute Gasteiger partial charge is 0.228 e. The summed E-state index contributed by atoms with van der Waals surface area (Å²) < 4.78 is 0. The number of nitrogens with one attached hydrogen (secondary N) is 2. The minimum absolute atomic E-state index is 0.0618. The highest BCUT2D eigenvalue weighted by atomic mass is 35.5. The summed E-state index contributed by atoms with van der Waals surface area (Å²) in [4.78, 5) is 23.6. The van der Waals surface area contributed by atoms with Crippen molar-refractivity contribution < 1.29 is 4.79 Å². The largest absolute Gasteiger partial charge is 0.345 e. The number of pyridine rings is 2. The lowest BCUT2D eigenvalue weighted by atomic mass is 10.1. The van der Waals surface area contributed by atoms with Gasteiger partial charge < -0.3 is 10.3 Å². The molecular formula is C16H15ClN4O. The number of anilines is 1. The molecule has 3 rings (SSSR count). The Bertz CT molecular complexity index is 841. The molecule has 0 unspecified atom stereocenters. The molecule has 0 aliphatic heterocycles. The third-order valence-corrected chi connectivity index (χ3v) is 3.51. The van der Waals surface area contributed by atoms with Crippen molar-refractivity contribution in [2.24, 2.45) is 5.92 Å². The molecule has 3 heterocycles. The van der Waals surface area contributed by atoms with E-state index in [0.717, 1.165) is 22.3 Å². The zero-order valence-electron chi connectivity index (χ0n) is 12.2. The lowest BCUT2D eigenvalue weighted by Gasteiger charge is -2.08. The molecule has 0 spiro atoms. The second-order valence-electron chi connectivity index (χ2n) is 5.30. The van der Waals surface area contributed by atoms with Crippen LogP contribution in [0.5, 0.6) is 0 Å². The molecule has 112 valence electrons. The minimum Gasteiger partial charge on any atom is -0.345 e. The third kappa shape index (κ3) is 2.80. The molecule has 3 aromatic rings. The van der Waals surface area contributed by atoms with Gasteiger partial charge in [-0.2, -0.15) is 0 Å². The normalized spacial score (nSPS) is 11.1. The lowest BCUT2D eigenvalue weighted by molar-refractivity contribution is -0.118. The molecule has 2 N–H and O–H groups in total. The first kappa shape index (κ1) is 14.5. The zero-order valence-corrected chi connectivity index (χ0v) is 13.0. The number of aromatic nitrogens is 3. The summed E-state index contributed by atoms with van der Waals surface area (Å²) in [5, 5.41) is 4.26. The van der Waals surface area contributed by atoms with Gasteiger partial charge in [0.1, 0.15) is 11.5 Å². The highest BCUT2D eigenvalue weighted by molar-refractivity contribution is 6.31. The standard InChI is InChI=1S/C16H15ClN4O/c1-9(2)16(22)21-14-5-3-4-13(20-14)12-8-19-15-11(12)6-10(17)7-18-15/h3-9H,1-2H3,(H,18,19)(H,20,21,22). The average molecular weight is 315 g/mol. The van der Waals surface area contributed by atoms with Gasteiger partial charge in [0.2, 0.25) is 5.91 Å². The van der Waals surface area contributed by atoms with Crippen molar-refractivity contribution >= 4 is 34.4 Å². The molecule has 0 aliphatic rings. The van der Waals surface area contributed by atoms with Gasteiger partial charge in [0, 0.05) is 29.3 Å². The minimum atomic E-state index is -0.0958. The number of H-pyrrole nitrogens is 1.